The Morgan fingerprint density at radius 1 is 1.40 bits per heavy atom. The number of pyridine rings is 1. The van der Waals surface area contributed by atoms with Crippen molar-refractivity contribution in [2.45, 2.75) is 6.54 Å². The van der Waals surface area contributed by atoms with Crippen LogP contribution in [0.15, 0.2) is 24.5 Å². The molecule has 1 N–H and O–H groups in total. The Kier molecular flexibility index (Phi) is 3.98. The maximum absolute atomic E-state index is 12.0. The zero-order chi connectivity index (χ0) is 13.9. The van der Waals surface area contributed by atoms with Crippen molar-refractivity contribution in [3.05, 3.63) is 30.1 Å². The number of nitrogens with one attached hydrogen (secondary N) is 1. The Morgan fingerprint density at radius 2 is 2.20 bits per heavy atom. The standard InChI is InChI=1S/C15H21N3O2/c1-16-15(19)14-10-20-9-12-7-18(8-13(12)14)6-11-2-4-17-5-3-11/h2-5,12-14H,6-10H2,1H3,(H,16,19)/t12-,13-,14-/m1/s1. The van der Waals surface area contributed by atoms with Gasteiger partial charge in [0.25, 0.3) is 0 Å². The van der Waals surface area contributed by atoms with E-state index in [4.69, 9.17) is 4.74 Å². The summed E-state index contributed by atoms with van der Waals surface area (Å²) in [6.45, 7) is 4.26. The van der Waals surface area contributed by atoms with Gasteiger partial charge in [0, 0.05) is 39.1 Å². The molecule has 0 aliphatic carbocycles. The summed E-state index contributed by atoms with van der Waals surface area (Å²) < 4.78 is 5.62. The highest BCUT2D eigenvalue weighted by Crippen LogP contribution is 2.34. The molecular formula is C15H21N3O2. The third-order valence-corrected chi connectivity index (χ3v) is 4.45. The van der Waals surface area contributed by atoms with Gasteiger partial charge in [-0.25, -0.2) is 0 Å². The highest BCUT2D eigenvalue weighted by atomic mass is 16.5. The third-order valence-electron chi connectivity index (χ3n) is 4.45. The number of amides is 1. The number of hydrogen-bond acceptors (Lipinski definition) is 4. The van der Waals surface area contributed by atoms with Gasteiger partial charge in [-0.1, -0.05) is 0 Å². The van der Waals surface area contributed by atoms with Crippen LogP contribution in [0.5, 0.6) is 0 Å². The summed E-state index contributed by atoms with van der Waals surface area (Å²) in [5.41, 5.74) is 1.27. The second-order valence-electron chi connectivity index (χ2n) is 5.73. The molecule has 20 heavy (non-hydrogen) atoms. The molecule has 3 heterocycles. The van der Waals surface area contributed by atoms with E-state index < -0.39 is 0 Å². The summed E-state index contributed by atoms with van der Waals surface area (Å²) in [5.74, 6) is 1.02. The third kappa shape index (κ3) is 2.69. The molecule has 1 aromatic heterocycles. The maximum atomic E-state index is 12.0. The Bertz CT molecular complexity index is 465. The van der Waals surface area contributed by atoms with Crippen molar-refractivity contribution in [3.8, 4) is 0 Å². The van der Waals surface area contributed by atoms with Crippen LogP contribution in [0.4, 0.5) is 0 Å². The van der Waals surface area contributed by atoms with E-state index >= 15 is 0 Å². The molecule has 5 nitrogen and oxygen atoms in total. The lowest BCUT2D eigenvalue weighted by Crippen LogP contribution is -2.43. The molecule has 2 saturated heterocycles. The Labute approximate surface area is 119 Å². The van der Waals surface area contributed by atoms with E-state index in [1.54, 1.807) is 7.05 Å². The number of aromatic nitrogens is 1. The van der Waals surface area contributed by atoms with E-state index in [2.05, 4.69) is 27.3 Å². The van der Waals surface area contributed by atoms with Crippen LogP contribution in [0.3, 0.4) is 0 Å². The molecule has 3 rings (SSSR count). The smallest absolute Gasteiger partial charge is 0.225 e. The molecule has 0 aromatic carbocycles. The number of likely N-dealkylation sites (tertiary alicyclic amines) is 1. The van der Waals surface area contributed by atoms with Crippen LogP contribution in [0, 0.1) is 17.8 Å². The highest BCUT2D eigenvalue weighted by Gasteiger charge is 2.43. The molecule has 1 aromatic rings. The van der Waals surface area contributed by atoms with Gasteiger partial charge in [0.05, 0.1) is 19.1 Å². The van der Waals surface area contributed by atoms with E-state index in [1.165, 1.54) is 5.56 Å². The Hall–Kier alpha value is -1.46. The minimum absolute atomic E-state index is 0.00110. The minimum atomic E-state index is 0.00110. The monoisotopic (exact) mass is 275 g/mol. The lowest BCUT2D eigenvalue weighted by atomic mass is 9.82. The second kappa shape index (κ2) is 5.89. The van der Waals surface area contributed by atoms with E-state index in [0.29, 0.717) is 18.4 Å². The van der Waals surface area contributed by atoms with Crippen molar-refractivity contribution in [1.29, 1.82) is 0 Å². The molecule has 2 aliphatic rings. The Balaban J connectivity index is 1.66. The number of rotatable bonds is 3. The van der Waals surface area contributed by atoms with E-state index in [0.717, 1.165) is 26.2 Å². The number of carbonyl (C=O) groups excluding carboxylic acids is 1. The summed E-state index contributed by atoms with van der Waals surface area (Å²) in [4.78, 5) is 18.4. The molecule has 3 atom stereocenters. The van der Waals surface area contributed by atoms with Gasteiger partial charge in [0.1, 0.15) is 0 Å². The summed E-state index contributed by atoms with van der Waals surface area (Å²) in [7, 11) is 1.70. The van der Waals surface area contributed by atoms with Crippen molar-refractivity contribution in [1.82, 2.24) is 15.2 Å². The van der Waals surface area contributed by atoms with Crippen LogP contribution in [-0.4, -0.2) is 49.1 Å². The topological polar surface area (TPSA) is 54.5 Å². The lowest BCUT2D eigenvalue weighted by molar-refractivity contribution is -0.133. The summed E-state index contributed by atoms with van der Waals surface area (Å²) in [5, 5.41) is 2.77. The van der Waals surface area contributed by atoms with Gasteiger partial charge in [-0.3, -0.25) is 14.7 Å². The lowest BCUT2D eigenvalue weighted by Gasteiger charge is -2.31. The quantitative estimate of drug-likeness (QED) is 0.874. The van der Waals surface area contributed by atoms with E-state index in [9.17, 15) is 4.79 Å². The van der Waals surface area contributed by atoms with Crippen LogP contribution < -0.4 is 5.32 Å². The molecule has 0 bridgehead atoms. The number of hydrogen-bond donors (Lipinski definition) is 1. The van der Waals surface area contributed by atoms with E-state index in [1.807, 2.05) is 12.4 Å². The first-order valence-corrected chi connectivity index (χ1v) is 7.18. The highest BCUT2D eigenvalue weighted by molar-refractivity contribution is 5.79. The summed E-state index contributed by atoms with van der Waals surface area (Å²) in [6, 6.07) is 4.10. The molecule has 2 fully saturated rings. The fourth-order valence-electron chi connectivity index (χ4n) is 3.42. The van der Waals surface area contributed by atoms with Crippen LogP contribution >= 0.6 is 0 Å². The summed E-state index contributed by atoms with van der Waals surface area (Å²) in [6.07, 6.45) is 3.66. The maximum Gasteiger partial charge on any atom is 0.225 e. The SMILES string of the molecule is CNC(=O)[C@@H]1COC[C@H]2CN(Cc3ccncc3)C[C@H]21. The van der Waals surface area contributed by atoms with Crippen molar-refractivity contribution in [3.63, 3.8) is 0 Å². The molecule has 0 unspecified atom stereocenters. The van der Waals surface area contributed by atoms with Crippen molar-refractivity contribution in [2.24, 2.45) is 17.8 Å². The molecule has 2 aliphatic heterocycles. The van der Waals surface area contributed by atoms with Crippen molar-refractivity contribution >= 4 is 5.91 Å². The van der Waals surface area contributed by atoms with Gasteiger partial charge in [0.2, 0.25) is 5.91 Å². The molecular weight excluding hydrogens is 254 g/mol. The first-order valence-electron chi connectivity index (χ1n) is 7.18. The minimum Gasteiger partial charge on any atom is -0.380 e. The number of ether oxygens (including phenoxy) is 1. The largest absolute Gasteiger partial charge is 0.380 e. The zero-order valence-electron chi connectivity index (χ0n) is 11.8. The molecule has 0 spiro atoms. The van der Waals surface area contributed by atoms with Crippen LogP contribution in [0.2, 0.25) is 0 Å². The Morgan fingerprint density at radius 3 is 2.95 bits per heavy atom. The van der Waals surface area contributed by atoms with Gasteiger partial charge in [-0.2, -0.15) is 0 Å². The molecule has 1 amide bonds. The number of carbonyl (C=O) groups is 1. The zero-order valence-corrected chi connectivity index (χ0v) is 11.8. The van der Waals surface area contributed by atoms with Crippen molar-refractivity contribution < 1.29 is 9.53 Å². The fraction of sp³-hybridized carbons (Fsp3) is 0.600. The second-order valence-corrected chi connectivity index (χ2v) is 5.73. The van der Waals surface area contributed by atoms with Gasteiger partial charge < -0.3 is 10.1 Å². The molecule has 0 radical (unpaired) electrons. The average molecular weight is 275 g/mol. The van der Waals surface area contributed by atoms with Gasteiger partial charge in [0.15, 0.2) is 0 Å². The average Bonchev–Trinajstić information content (AvgIpc) is 2.89. The van der Waals surface area contributed by atoms with Gasteiger partial charge >= 0.3 is 0 Å². The van der Waals surface area contributed by atoms with Gasteiger partial charge in [-0.15, -0.1) is 0 Å². The molecule has 0 saturated carbocycles. The van der Waals surface area contributed by atoms with Crippen LogP contribution in [0.25, 0.3) is 0 Å². The van der Waals surface area contributed by atoms with Gasteiger partial charge in [-0.05, 0) is 29.5 Å². The fourth-order valence-corrected chi connectivity index (χ4v) is 3.42. The summed E-state index contributed by atoms with van der Waals surface area (Å²) >= 11 is 0. The van der Waals surface area contributed by atoms with Crippen molar-refractivity contribution in [2.75, 3.05) is 33.4 Å². The molecule has 108 valence electrons. The van der Waals surface area contributed by atoms with Crippen LogP contribution in [-0.2, 0) is 16.1 Å². The van der Waals surface area contributed by atoms with Crippen LogP contribution in [0.1, 0.15) is 5.56 Å². The first kappa shape index (κ1) is 13.5. The first-order chi connectivity index (χ1) is 9.78. The number of fused-ring (bicyclic) bond motifs is 1. The number of nitrogens with zero attached hydrogens (tertiary/aromatic N) is 2. The predicted molar refractivity (Wildman–Crippen MR) is 74.9 cm³/mol. The normalized spacial score (nSPS) is 29.9. The molecule has 5 heteroatoms. The predicted octanol–water partition coefficient (Wildman–Crippen LogP) is 0.522. The van der Waals surface area contributed by atoms with E-state index in [-0.39, 0.29) is 11.8 Å².